The number of anilines is 1. The van der Waals surface area contributed by atoms with E-state index in [9.17, 15) is 4.79 Å². The fraction of sp³-hybridized carbons (Fsp3) is 0.417. The van der Waals surface area contributed by atoms with Crippen molar-refractivity contribution in [2.24, 2.45) is 0 Å². The van der Waals surface area contributed by atoms with E-state index in [1.165, 1.54) is 20.3 Å². The Labute approximate surface area is 105 Å². The van der Waals surface area contributed by atoms with E-state index in [-0.39, 0.29) is 17.4 Å². The van der Waals surface area contributed by atoms with Crippen molar-refractivity contribution in [1.29, 1.82) is 0 Å². The molecular weight excluding hydrogens is 238 g/mol. The van der Waals surface area contributed by atoms with Crippen LogP contribution in [-0.2, 0) is 9.47 Å². The maximum atomic E-state index is 11.9. The van der Waals surface area contributed by atoms with E-state index in [0.717, 1.165) is 0 Å². The van der Waals surface area contributed by atoms with Crippen molar-refractivity contribution < 1.29 is 23.7 Å². The first kappa shape index (κ1) is 12.5. The van der Waals surface area contributed by atoms with E-state index in [2.05, 4.69) is 0 Å². The summed E-state index contributed by atoms with van der Waals surface area (Å²) < 4.78 is 20.3. The Morgan fingerprint density at radius 1 is 1.33 bits per heavy atom. The number of methoxy groups -OCH3 is 2. The lowest BCUT2D eigenvalue weighted by atomic mass is 10.1. The van der Waals surface area contributed by atoms with Gasteiger partial charge in [0, 0.05) is 6.07 Å². The maximum absolute atomic E-state index is 11.9. The zero-order chi connectivity index (χ0) is 13.1. The number of nitrogen functional groups attached to an aromatic ring is 1. The number of benzene rings is 1. The highest BCUT2D eigenvalue weighted by Crippen LogP contribution is 2.31. The molecule has 2 N–H and O–H groups in total. The van der Waals surface area contributed by atoms with Crippen LogP contribution in [0.1, 0.15) is 10.4 Å². The molecule has 1 fully saturated rings. The summed E-state index contributed by atoms with van der Waals surface area (Å²) >= 11 is 0. The molecule has 6 nitrogen and oxygen atoms in total. The van der Waals surface area contributed by atoms with E-state index < -0.39 is 5.97 Å². The van der Waals surface area contributed by atoms with Crippen LogP contribution >= 0.6 is 0 Å². The first-order valence-corrected chi connectivity index (χ1v) is 5.46. The minimum absolute atomic E-state index is 0.200. The van der Waals surface area contributed by atoms with Gasteiger partial charge in [-0.2, -0.15) is 0 Å². The fourth-order valence-electron chi connectivity index (χ4n) is 1.55. The zero-order valence-electron chi connectivity index (χ0n) is 10.3. The van der Waals surface area contributed by atoms with Gasteiger partial charge in [0.15, 0.2) is 0 Å². The molecule has 0 aliphatic carbocycles. The quantitative estimate of drug-likeness (QED) is 0.632. The third-order valence-electron chi connectivity index (χ3n) is 2.67. The molecule has 0 spiro atoms. The van der Waals surface area contributed by atoms with E-state index in [1.807, 2.05) is 0 Å². The summed E-state index contributed by atoms with van der Waals surface area (Å²) in [6.45, 7) is 0.847. The SMILES string of the molecule is COc1cc(OC)c(N)c(C(=O)OC2COC2)c1. The maximum Gasteiger partial charge on any atom is 0.340 e. The predicted molar refractivity (Wildman–Crippen MR) is 64.0 cm³/mol. The first-order chi connectivity index (χ1) is 8.65. The minimum atomic E-state index is -0.502. The van der Waals surface area contributed by atoms with Crippen molar-refractivity contribution in [3.05, 3.63) is 17.7 Å². The highest BCUT2D eigenvalue weighted by atomic mass is 16.6. The molecule has 1 aromatic carbocycles. The van der Waals surface area contributed by atoms with E-state index >= 15 is 0 Å². The lowest BCUT2D eigenvalue weighted by Crippen LogP contribution is -2.37. The predicted octanol–water partition coefficient (Wildman–Crippen LogP) is 0.842. The molecule has 1 aromatic rings. The van der Waals surface area contributed by atoms with Crippen LogP contribution in [0.5, 0.6) is 11.5 Å². The average molecular weight is 253 g/mol. The number of rotatable bonds is 4. The second-order valence-electron chi connectivity index (χ2n) is 3.86. The lowest BCUT2D eigenvalue weighted by Gasteiger charge is -2.26. The molecule has 18 heavy (non-hydrogen) atoms. The van der Waals surface area contributed by atoms with Gasteiger partial charge >= 0.3 is 5.97 Å². The summed E-state index contributed by atoms with van der Waals surface area (Å²) in [6.07, 6.45) is -0.200. The van der Waals surface area contributed by atoms with Crippen LogP contribution in [0.2, 0.25) is 0 Å². The topological polar surface area (TPSA) is 80.0 Å². The van der Waals surface area contributed by atoms with Gasteiger partial charge in [-0.3, -0.25) is 0 Å². The van der Waals surface area contributed by atoms with Crippen molar-refractivity contribution in [2.75, 3.05) is 33.2 Å². The van der Waals surface area contributed by atoms with Crippen LogP contribution < -0.4 is 15.2 Å². The van der Waals surface area contributed by atoms with Crippen molar-refractivity contribution in [2.45, 2.75) is 6.10 Å². The van der Waals surface area contributed by atoms with Crippen molar-refractivity contribution >= 4 is 11.7 Å². The number of carbonyl (C=O) groups excluding carboxylic acids is 1. The molecule has 0 amide bonds. The van der Waals surface area contributed by atoms with Gasteiger partial charge in [-0.25, -0.2) is 4.79 Å². The summed E-state index contributed by atoms with van der Waals surface area (Å²) in [4.78, 5) is 11.9. The van der Waals surface area contributed by atoms with Crippen LogP contribution in [0.15, 0.2) is 12.1 Å². The van der Waals surface area contributed by atoms with Crippen molar-refractivity contribution in [3.63, 3.8) is 0 Å². The third kappa shape index (κ3) is 2.33. The second kappa shape index (κ2) is 5.14. The molecular formula is C12H15NO5. The Bertz CT molecular complexity index is 456. The summed E-state index contributed by atoms with van der Waals surface area (Å²) in [7, 11) is 2.97. The molecule has 1 aliphatic heterocycles. The van der Waals surface area contributed by atoms with E-state index in [1.54, 1.807) is 6.07 Å². The fourth-order valence-corrected chi connectivity index (χ4v) is 1.55. The number of esters is 1. The van der Waals surface area contributed by atoms with Gasteiger partial charge < -0.3 is 24.7 Å². The zero-order valence-corrected chi connectivity index (χ0v) is 10.3. The molecule has 0 unspecified atom stereocenters. The van der Waals surface area contributed by atoms with Gasteiger partial charge in [0.25, 0.3) is 0 Å². The van der Waals surface area contributed by atoms with Crippen LogP contribution in [0.25, 0.3) is 0 Å². The molecule has 1 saturated heterocycles. The second-order valence-corrected chi connectivity index (χ2v) is 3.86. The van der Waals surface area contributed by atoms with Gasteiger partial charge in [-0.05, 0) is 6.07 Å². The van der Waals surface area contributed by atoms with Crippen LogP contribution in [0, 0.1) is 0 Å². The third-order valence-corrected chi connectivity index (χ3v) is 2.67. The Balaban J connectivity index is 2.26. The molecule has 0 saturated carbocycles. The first-order valence-electron chi connectivity index (χ1n) is 5.46. The molecule has 1 heterocycles. The lowest BCUT2D eigenvalue weighted by molar-refractivity contribution is -0.103. The van der Waals surface area contributed by atoms with Crippen molar-refractivity contribution in [3.8, 4) is 11.5 Å². The summed E-state index contributed by atoms with van der Waals surface area (Å²) in [5.74, 6) is 0.363. The van der Waals surface area contributed by atoms with Gasteiger partial charge in [0.1, 0.15) is 17.6 Å². The smallest absolute Gasteiger partial charge is 0.340 e. The number of ether oxygens (including phenoxy) is 4. The molecule has 0 bridgehead atoms. The number of hydrogen-bond acceptors (Lipinski definition) is 6. The molecule has 0 atom stereocenters. The number of hydrogen-bond donors (Lipinski definition) is 1. The van der Waals surface area contributed by atoms with Gasteiger partial charge in [-0.15, -0.1) is 0 Å². The summed E-state index contributed by atoms with van der Waals surface area (Å²) in [6, 6.07) is 3.14. The molecule has 1 aliphatic rings. The van der Waals surface area contributed by atoms with E-state index in [0.29, 0.717) is 24.7 Å². The minimum Gasteiger partial charge on any atom is -0.497 e. The Hall–Kier alpha value is -1.95. The Kier molecular flexibility index (Phi) is 3.57. The molecule has 0 aromatic heterocycles. The highest BCUT2D eigenvalue weighted by Gasteiger charge is 2.25. The summed E-state index contributed by atoms with van der Waals surface area (Å²) in [5, 5.41) is 0. The van der Waals surface area contributed by atoms with Crippen molar-refractivity contribution in [1.82, 2.24) is 0 Å². The Morgan fingerprint density at radius 3 is 2.56 bits per heavy atom. The van der Waals surface area contributed by atoms with Crippen LogP contribution in [0.3, 0.4) is 0 Å². The highest BCUT2D eigenvalue weighted by molar-refractivity contribution is 5.97. The molecule has 6 heteroatoms. The van der Waals surface area contributed by atoms with Gasteiger partial charge in [0.05, 0.1) is 38.7 Å². The Morgan fingerprint density at radius 2 is 2.06 bits per heavy atom. The standard InChI is InChI=1S/C12H15NO5/c1-15-7-3-9(11(13)10(4-7)16-2)12(14)18-8-5-17-6-8/h3-4,8H,5-6,13H2,1-2H3. The molecule has 0 radical (unpaired) electrons. The van der Waals surface area contributed by atoms with E-state index in [4.69, 9.17) is 24.7 Å². The largest absolute Gasteiger partial charge is 0.497 e. The molecule has 2 rings (SSSR count). The summed E-state index contributed by atoms with van der Waals surface area (Å²) in [5.41, 5.74) is 6.31. The average Bonchev–Trinajstić information content (AvgIpc) is 2.33. The number of nitrogens with two attached hydrogens (primary N) is 1. The van der Waals surface area contributed by atoms with Crippen LogP contribution in [-0.4, -0.2) is 39.5 Å². The van der Waals surface area contributed by atoms with Crippen LogP contribution in [0.4, 0.5) is 5.69 Å². The monoisotopic (exact) mass is 253 g/mol. The number of carbonyl (C=O) groups is 1. The normalized spacial score (nSPS) is 14.8. The molecule has 98 valence electrons. The van der Waals surface area contributed by atoms with Gasteiger partial charge in [0.2, 0.25) is 0 Å². The van der Waals surface area contributed by atoms with Gasteiger partial charge in [-0.1, -0.05) is 0 Å².